The van der Waals surface area contributed by atoms with Crippen molar-refractivity contribution in [3.8, 4) is 5.82 Å². The van der Waals surface area contributed by atoms with Gasteiger partial charge in [-0.05, 0) is 57.6 Å². The van der Waals surface area contributed by atoms with E-state index in [1.54, 1.807) is 6.33 Å². The zero-order valence-electron chi connectivity index (χ0n) is 19.3. The third-order valence-corrected chi connectivity index (χ3v) is 6.15. The van der Waals surface area contributed by atoms with E-state index in [1.165, 1.54) is 24.8 Å². The number of aryl methyl sites for hydroxylation is 2. The molecule has 1 aromatic carbocycles. The molecule has 0 saturated carbocycles. The fourth-order valence-electron chi connectivity index (χ4n) is 4.36. The van der Waals surface area contributed by atoms with Crippen molar-refractivity contribution in [3.05, 3.63) is 64.7 Å². The highest BCUT2D eigenvalue weighted by Gasteiger charge is 2.17. The van der Waals surface area contributed by atoms with Gasteiger partial charge in [0, 0.05) is 37.8 Å². The Kier molecular flexibility index (Phi) is 6.83. The van der Waals surface area contributed by atoms with E-state index in [-0.39, 0.29) is 5.91 Å². The Bertz CT molecular complexity index is 1080. The maximum atomic E-state index is 12.4. The fourth-order valence-corrected chi connectivity index (χ4v) is 4.36. The minimum absolute atomic E-state index is 0.0486. The molecule has 3 aromatic rings. The number of aromatic nitrogens is 4. The van der Waals surface area contributed by atoms with Crippen molar-refractivity contribution in [1.29, 1.82) is 0 Å². The zero-order chi connectivity index (χ0) is 22.5. The average molecular weight is 433 g/mol. The van der Waals surface area contributed by atoms with Crippen LogP contribution in [0.2, 0.25) is 0 Å². The van der Waals surface area contributed by atoms with E-state index in [0.717, 1.165) is 47.2 Å². The summed E-state index contributed by atoms with van der Waals surface area (Å²) in [5.41, 5.74) is 5.38. The van der Waals surface area contributed by atoms with E-state index >= 15 is 0 Å². The maximum Gasteiger partial charge on any atom is 0.220 e. The van der Waals surface area contributed by atoms with Gasteiger partial charge in [0.1, 0.15) is 12.1 Å². The van der Waals surface area contributed by atoms with Gasteiger partial charge in [-0.3, -0.25) is 4.79 Å². The van der Waals surface area contributed by atoms with E-state index in [0.29, 0.717) is 19.4 Å². The van der Waals surface area contributed by atoms with Crippen molar-refractivity contribution >= 4 is 11.7 Å². The largest absolute Gasteiger partial charge is 0.356 e. The summed E-state index contributed by atoms with van der Waals surface area (Å²) < 4.78 is 1.88. The van der Waals surface area contributed by atoms with Crippen LogP contribution >= 0.6 is 0 Å². The third-order valence-electron chi connectivity index (χ3n) is 6.15. The number of anilines is 1. The number of amides is 1. The van der Waals surface area contributed by atoms with Crippen molar-refractivity contribution in [1.82, 2.24) is 25.1 Å². The van der Waals surface area contributed by atoms with E-state index < -0.39 is 0 Å². The number of hydrogen-bond donors (Lipinski definition) is 1. The normalized spacial score (nSPS) is 13.9. The molecule has 0 bridgehead atoms. The topological polar surface area (TPSA) is 75.9 Å². The maximum absolute atomic E-state index is 12.4. The van der Waals surface area contributed by atoms with Crippen LogP contribution in [-0.2, 0) is 17.8 Å². The van der Waals surface area contributed by atoms with Crippen LogP contribution in [0.5, 0.6) is 0 Å². The Balaban J connectivity index is 1.41. The molecule has 1 saturated heterocycles. The first kappa shape index (κ1) is 22.0. The van der Waals surface area contributed by atoms with E-state index in [9.17, 15) is 4.79 Å². The molecule has 1 amide bonds. The van der Waals surface area contributed by atoms with Crippen LogP contribution in [0.15, 0.2) is 36.7 Å². The van der Waals surface area contributed by atoms with Gasteiger partial charge in [0.05, 0.1) is 5.69 Å². The van der Waals surface area contributed by atoms with Crippen molar-refractivity contribution < 1.29 is 4.79 Å². The van der Waals surface area contributed by atoms with Crippen LogP contribution in [-0.4, -0.2) is 38.7 Å². The second-order valence-corrected chi connectivity index (χ2v) is 8.61. The number of piperidine rings is 1. The predicted octanol–water partition coefficient (Wildman–Crippen LogP) is 3.83. The number of carbonyl (C=O) groups excluding carboxylic acids is 1. The molecule has 0 atom stereocenters. The first-order chi connectivity index (χ1) is 15.5. The lowest BCUT2D eigenvalue weighted by Gasteiger charge is -2.27. The number of hydrogen-bond acceptors (Lipinski definition) is 5. The lowest BCUT2D eigenvalue weighted by molar-refractivity contribution is -0.121. The summed E-state index contributed by atoms with van der Waals surface area (Å²) in [4.78, 5) is 23.7. The smallest absolute Gasteiger partial charge is 0.220 e. The molecule has 1 fully saturated rings. The molecule has 4 rings (SSSR count). The van der Waals surface area contributed by atoms with Crippen LogP contribution < -0.4 is 10.2 Å². The van der Waals surface area contributed by atoms with Crippen molar-refractivity contribution in [2.45, 2.75) is 59.4 Å². The molecule has 32 heavy (non-hydrogen) atoms. The molecule has 2 aromatic heterocycles. The molecule has 1 N–H and O–H groups in total. The molecular weight excluding hydrogens is 400 g/mol. The molecule has 168 valence electrons. The zero-order valence-corrected chi connectivity index (χ0v) is 19.3. The minimum atomic E-state index is 0.0486. The molecule has 1 aliphatic heterocycles. The van der Waals surface area contributed by atoms with Crippen molar-refractivity contribution in [2.75, 3.05) is 18.0 Å². The summed E-state index contributed by atoms with van der Waals surface area (Å²) in [6.45, 7) is 8.73. The van der Waals surface area contributed by atoms with Gasteiger partial charge in [-0.25, -0.2) is 14.6 Å². The SMILES string of the molecule is Cc1cccc(CNC(=O)CCc2c(C)nn(-c3cc(N4CCCCC4)ncn3)c2C)c1. The molecule has 0 spiro atoms. The monoisotopic (exact) mass is 432 g/mol. The van der Waals surface area contributed by atoms with Gasteiger partial charge < -0.3 is 10.2 Å². The Hall–Kier alpha value is -3.22. The quantitative estimate of drug-likeness (QED) is 0.614. The third kappa shape index (κ3) is 5.15. The number of carbonyl (C=O) groups is 1. The summed E-state index contributed by atoms with van der Waals surface area (Å²) in [6.07, 6.45) is 6.40. The van der Waals surface area contributed by atoms with Crippen LogP contribution in [0.4, 0.5) is 5.82 Å². The molecule has 0 aliphatic carbocycles. The number of benzene rings is 1. The summed E-state index contributed by atoms with van der Waals surface area (Å²) >= 11 is 0. The molecule has 7 heteroatoms. The van der Waals surface area contributed by atoms with Crippen molar-refractivity contribution in [3.63, 3.8) is 0 Å². The lowest BCUT2D eigenvalue weighted by atomic mass is 10.1. The van der Waals surface area contributed by atoms with Gasteiger partial charge in [0.25, 0.3) is 0 Å². The Morgan fingerprint density at radius 1 is 1.03 bits per heavy atom. The average Bonchev–Trinajstić information content (AvgIpc) is 3.10. The van der Waals surface area contributed by atoms with E-state index in [1.807, 2.05) is 36.7 Å². The highest BCUT2D eigenvalue weighted by Crippen LogP contribution is 2.22. The summed E-state index contributed by atoms with van der Waals surface area (Å²) in [5, 5.41) is 7.75. The first-order valence-corrected chi connectivity index (χ1v) is 11.5. The summed E-state index contributed by atoms with van der Waals surface area (Å²) in [6, 6.07) is 10.2. The van der Waals surface area contributed by atoms with Crippen LogP contribution in [0, 0.1) is 20.8 Å². The summed E-state index contributed by atoms with van der Waals surface area (Å²) in [7, 11) is 0. The minimum Gasteiger partial charge on any atom is -0.356 e. The van der Waals surface area contributed by atoms with Gasteiger partial charge in [-0.15, -0.1) is 0 Å². The van der Waals surface area contributed by atoms with Gasteiger partial charge in [-0.1, -0.05) is 29.8 Å². The van der Waals surface area contributed by atoms with Gasteiger partial charge in [0.15, 0.2) is 5.82 Å². The second-order valence-electron chi connectivity index (χ2n) is 8.61. The Morgan fingerprint density at radius 3 is 2.59 bits per heavy atom. The molecule has 0 unspecified atom stereocenters. The molecule has 7 nitrogen and oxygen atoms in total. The molecule has 3 heterocycles. The highest BCUT2D eigenvalue weighted by atomic mass is 16.1. The Labute approximate surface area is 189 Å². The van der Waals surface area contributed by atoms with Crippen LogP contribution in [0.1, 0.15) is 53.8 Å². The van der Waals surface area contributed by atoms with Crippen LogP contribution in [0.3, 0.4) is 0 Å². The molecule has 0 radical (unpaired) electrons. The Morgan fingerprint density at radius 2 is 1.81 bits per heavy atom. The standard InChI is InChI=1S/C25H32N6O/c1-18-8-7-9-21(14-18)16-26-25(32)11-10-22-19(2)29-31(20(22)3)24-15-23(27-17-28-24)30-12-5-4-6-13-30/h7-9,14-15,17H,4-6,10-13,16H2,1-3H3,(H,26,32). The van der Waals surface area contributed by atoms with E-state index in [4.69, 9.17) is 5.10 Å². The van der Waals surface area contributed by atoms with Gasteiger partial charge >= 0.3 is 0 Å². The summed E-state index contributed by atoms with van der Waals surface area (Å²) in [5.74, 6) is 1.78. The first-order valence-electron chi connectivity index (χ1n) is 11.5. The lowest BCUT2D eigenvalue weighted by Crippen LogP contribution is -2.30. The van der Waals surface area contributed by atoms with Crippen LogP contribution in [0.25, 0.3) is 5.82 Å². The second kappa shape index (κ2) is 9.94. The number of nitrogens with one attached hydrogen (secondary N) is 1. The molecular formula is C25H32N6O. The predicted molar refractivity (Wildman–Crippen MR) is 126 cm³/mol. The van der Waals surface area contributed by atoms with Gasteiger partial charge in [-0.2, -0.15) is 5.10 Å². The number of nitrogens with zero attached hydrogens (tertiary/aromatic N) is 5. The fraction of sp³-hybridized carbons (Fsp3) is 0.440. The number of rotatable bonds is 7. The highest BCUT2D eigenvalue weighted by molar-refractivity contribution is 5.76. The van der Waals surface area contributed by atoms with Gasteiger partial charge in [0.2, 0.25) is 5.91 Å². The van der Waals surface area contributed by atoms with Crippen molar-refractivity contribution in [2.24, 2.45) is 0 Å². The molecule has 1 aliphatic rings. The van der Waals surface area contributed by atoms with E-state index in [2.05, 4.69) is 39.2 Å².